The van der Waals surface area contributed by atoms with Crippen LogP contribution in [0.1, 0.15) is 31.9 Å². The van der Waals surface area contributed by atoms with Gasteiger partial charge in [-0.05, 0) is 30.9 Å². The molecule has 2 aromatic rings. The standard InChI is InChI=1S/C17H21F3N4OS2/c1-4-11-7-6-8-12(5-2)13(11)22-15-23-24-16(27-15)26-10(3)14(25)21-9-17(18,19)20/h6-8,10H,4-5,9H2,1-3H3,(H,21,25)(H,22,23). The molecule has 0 bridgehead atoms. The van der Waals surface area contributed by atoms with E-state index in [0.29, 0.717) is 9.47 Å². The first kappa shape index (κ1) is 21.5. The van der Waals surface area contributed by atoms with Crippen molar-refractivity contribution >= 4 is 39.8 Å². The maximum Gasteiger partial charge on any atom is 0.405 e. The third-order valence-corrected chi connectivity index (χ3v) is 5.77. The van der Waals surface area contributed by atoms with Crippen LogP contribution in [0.4, 0.5) is 24.0 Å². The highest BCUT2D eigenvalue weighted by Gasteiger charge is 2.29. The molecular weight excluding hydrogens is 397 g/mol. The molecule has 0 aliphatic rings. The van der Waals surface area contributed by atoms with Crippen molar-refractivity contribution in [3.05, 3.63) is 29.3 Å². The number of halogens is 3. The first-order valence-corrected chi connectivity index (χ1v) is 10.2. The maximum absolute atomic E-state index is 12.2. The highest BCUT2D eigenvalue weighted by molar-refractivity contribution is 8.02. The van der Waals surface area contributed by atoms with E-state index < -0.39 is 23.9 Å². The van der Waals surface area contributed by atoms with Crippen molar-refractivity contribution in [3.8, 4) is 0 Å². The Kier molecular flexibility index (Phi) is 7.49. The second-order valence-electron chi connectivity index (χ2n) is 5.75. The van der Waals surface area contributed by atoms with E-state index in [0.717, 1.165) is 30.3 Å². The van der Waals surface area contributed by atoms with Crippen molar-refractivity contribution < 1.29 is 18.0 Å². The van der Waals surface area contributed by atoms with Crippen LogP contribution < -0.4 is 10.6 Å². The highest BCUT2D eigenvalue weighted by Crippen LogP contribution is 2.32. The number of carbonyl (C=O) groups is 1. The number of thioether (sulfide) groups is 1. The molecule has 1 amide bonds. The van der Waals surface area contributed by atoms with Crippen molar-refractivity contribution in [3.63, 3.8) is 0 Å². The molecule has 5 nitrogen and oxygen atoms in total. The van der Waals surface area contributed by atoms with E-state index in [1.807, 2.05) is 23.5 Å². The van der Waals surface area contributed by atoms with Crippen LogP contribution in [0.2, 0.25) is 0 Å². The van der Waals surface area contributed by atoms with Crippen LogP contribution in [-0.2, 0) is 17.6 Å². The Balaban J connectivity index is 2.02. The van der Waals surface area contributed by atoms with Crippen molar-refractivity contribution in [1.29, 1.82) is 0 Å². The Morgan fingerprint density at radius 1 is 1.22 bits per heavy atom. The molecule has 1 aromatic carbocycles. The summed E-state index contributed by atoms with van der Waals surface area (Å²) >= 11 is 2.34. The van der Waals surface area contributed by atoms with Gasteiger partial charge in [0, 0.05) is 5.69 Å². The van der Waals surface area contributed by atoms with Crippen LogP contribution in [0.3, 0.4) is 0 Å². The zero-order valence-corrected chi connectivity index (χ0v) is 16.8. The molecule has 0 aliphatic carbocycles. The molecule has 1 heterocycles. The van der Waals surface area contributed by atoms with Crippen LogP contribution >= 0.6 is 23.1 Å². The minimum absolute atomic E-state index is 0.513. The number of hydrogen-bond acceptors (Lipinski definition) is 6. The number of benzene rings is 1. The van der Waals surface area contributed by atoms with E-state index in [-0.39, 0.29) is 0 Å². The van der Waals surface area contributed by atoms with Crippen LogP contribution in [0.5, 0.6) is 0 Å². The Labute approximate surface area is 164 Å². The van der Waals surface area contributed by atoms with Gasteiger partial charge in [-0.1, -0.05) is 55.1 Å². The Hall–Kier alpha value is -1.81. The van der Waals surface area contributed by atoms with E-state index in [2.05, 4.69) is 29.4 Å². The van der Waals surface area contributed by atoms with Gasteiger partial charge in [-0.25, -0.2) is 0 Å². The molecule has 10 heteroatoms. The normalized spacial score (nSPS) is 12.7. The molecule has 1 atom stereocenters. The zero-order valence-electron chi connectivity index (χ0n) is 15.2. The summed E-state index contributed by atoms with van der Waals surface area (Å²) in [6, 6.07) is 6.11. The largest absolute Gasteiger partial charge is 0.405 e. The predicted octanol–water partition coefficient (Wildman–Crippen LogP) is 4.57. The second kappa shape index (κ2) is 9.41. The first-order valence-electron chi connectivity index (χ1n) is 8.45. The molecule has 0 spiro atoms. The summed E-state index contributed by atoms with van der Waals surface area (Å²) in [5.41, 5.74) is 3.34. The molecule has 0 aliphatic heterocycles. The van der Waals surface area contributed by atoms with Gasteiger partial charge < -0.3 is 10.6 Å². The maximum atomic E-state index is 12.2. The molecule has 148 valence electrons. The summed E-state index contributed by atoms with van der Waals surface area (Å²) in [5.74, 6) is -0.688. The van der Waals surface area contributed by atoms with Crippen LogP contribution in [0.15, 0.2) is 22.5 Å². The van der Waals surface area contributed by atoms with E-state index in [1.54, 1.807) is 0 Å². The average molecular weight is 419 g/mol. The number of aromatic nitrogens is 2. The number of anilines is 2. The highest BCUT2D eigenvalue weighted by atomic mass is 32.2. The molecule has 2 N–H and O–H groups in total. The van der Waals surface area contributed by atoms with Crippen molar-refractivity contribution in [2.24, 2.45) is 0 Å². The monoisotopic (exact) mass is 418 g/mol. The lowest BCUT2D eigenvalue weighted by Crippen LogP contribution is -2.37. The summed E-state index contributed by atoms with van der Waals surface area (Å²) in [4.78, 5) is 11.8. The lowest BCUT2D eigenvalue weighted by Gasteiger charge is -2.13. The average Bonchev–Trinajstić information content (AvgIpc) is 3.06. The fourth-order valence-electron chi connectivity index (χ4n) is 2.35. The number of amides is 1. The molecule has 0 fully saturated rings. The zero-order chi connectivity index (χ0) is 20.0. The van der Waals surface area contributed by atoms with Gasteiger partial charge in [-0.15, -0.1) is 10.2 Å². The second-order valence-corrected chi connectivity index (χ2v) is 8.31. The van der Waals surface area contributed by atoms with Gasteiger partial charge in [0.1, 0.15) is 6.54 Å². The first-order chi connectivity index (χ1) is 12.7. The van der Waals surface area contributed by atoms with Gasteiger partial charge in [-0.2, -0.15) is 13.2 Å². The van der Waals surface area contributed by atoms with Crippen LogP contribution in [0, 0.1) is 0 Å². The third-order valence-electron chi connectivity index (χ3n) is 3.75. The van der Waals surface area contributed by atoms with Gasteiger partial charge in [0.05, 0.1) is 5.25 Å². The van der Waals surface area contributed by atoms with E-state index in [9.17, 15) is 18.0 Å². The summed E-state index contributed by atoms with van der Waals surface area (Å²) in [6.07, 6.45) is -2.69. The van der Waals surface area contributed by atoms with Crippen molar-refractivity contribution in [1.82, 2.24) is 15.5 Å². The van der Waals surface area contributed by atoms with E-state index in [4.69, 9.17) is 0 Å². The molecule has 27 heavy (non-hydrogen) atoms. The number of nitrogens with one attached hydrogen (secondary N) is 2. The number of carbonyl (C=O) groups excluding carboxylic acids is 1. The molecule has 0 saturated carbocycles. The topological polar surface area (TPSA) is 66.9 Å². The Morgan fingerprint density at radius 2 is 1.85 bits per heavy atom. The van der Waals surface area contributed by atoms with Crippen LogP contribution in [-0.4, -0.2) is 34.1 Å². The number of rotatable bonds is 8. The smallest absolute Gasteiger partial charge is 0.346 e. The van der Waals surface area contributed by atoms with Crippen molar-refractivity contribution in [2.75, 3.05) is 11.9 Å². The lowest BCUT2D eigenvalue weighted by atomic mass is 10.0. The van der Waals surface area contributed by atoms with E-state index >= 15 is 0 Å². The summed E-state index contributed by atoms with van der Waals surface area (Å²) < 4.78 is 37.1. The number of para-hydroxylation sites is 1. The molecule has 0 radical (unpaired) electrons. The SMILES string of the molecule is CCc1cccc(CC)c1Nc1nnc(SC(C)C(=O)NCC(F)(F)F)s1. The summed E-state index contributed by atoms with van der Waals surface area (Å²) in [5, 5.41) is 13.1. The predicted molar refractivity (Wildman–Crippen MR) is 103 cm³/mol. The number of aryl methyl sites for hydroxylation is 2. The summed E-state index contributed by atoms with van der Waals surface area (Å²) in [6.45, 7) is 4.34. The Morgan fingerprint density at radius 3 is 2.41 bits per heavy atom. The molecule has 1 unspecified atom stereocenters. The number of alkyl halides is 3. The van der Waals surface area contributed by atoms with Crippen LogP contribution in [0.25, 0.3) is 0 Å². The molecule has 1 aromatic heterocycles. The quantitative estimate of drug-likeness (QED) is 0.615. The van der Waals surface area contributed by atoms with Gasteiger partial charge in [0.15, 0.2) is 4.34 Å². The van der Waals surface area contributed by atoms with E-state index in [1.165, 1.54) is 29.4 Å². The number of hydrogen-bond donors (Lipinski definition) is 2. The van der Waals surface area contributed by atoms with Gasteiger partial charge in [0.25, 0.3) is 0 Å². The van der Waals surface area contributed by atoms with Gasteiger partial charge in [0.2, 0.25) is 11.0 Å². The molecule has 2 rings (SSSR count). The molecule has 0 saturated heterocycles. The molecular formula is C17H21F3N4OS2. The van der Waals surface area contributed by atoms with Gasteiger partial charge in [-0.3, -0.25) is 4.79 Å². The minimum atomic E-state index is -4.43. The Bertz CT molecular complexity index is 758. The minimum Gasteiger partial charge on any atom is -0.346 e. The summed E-state index contributed by atoms with van der Waals surface area (Å²) in [7, 11) is 0. The third kappa shape index (κ3) is 6.39. The van der Waals surface area contributed by atoms with Crippen molar-refractivity contribution in [2.45, 2.75) is 49.4 Å². The number of nitrogens with zero attached hydrogens (tertiary/aromatic N) is 2. The fourth-order valence-corrected chi connectivity index (χ4v) is 4.28. The fraction of sp³-hybridized carbons (Fsp3) is 0.471. The van der Waals surface area contributed by atoms with Gasteiger partial charge >= 0.3 is 6.18 Å². The lowest BCUT2D eigenvalue weighted by molar-refractivity contribution is -0.137.